The van der Waals surface area contributed by atoms with Gasteiger partial charge in [-0.1, -0.05) is 42.0 Å². The van der Waals surface area contributed by atoms with Crippen LogP contribution in [0.5, 0.6) is 0 Å². The molecule has 2 unspecified atom stereocenters. The van der Waals surface area contributed by atoms with Crippen molar-refractivity contribution in [1.29, 1.82) is 0 Å². The molecule has 0 aliphatic carbocycles. The first-order chi connectivity index (χ1) is 13.5. The molecule has 2 aliphatic heterocycles. The highest BCUT2D eigenvalue weighted by Crippen LogP contribution is 2.37. The van der Waals surface area contributed by atoms with Crippen LogP contribution in [0.15, 0.2) is 54.1 Å². The molecular formula is C22H20F3NO2. The summed E-state index contributed by atoms with van der Waals surface area (Å²) in [5.74, 6) is -2.95. The molecule has 2 aliphatic rings. The average molecular weight is 387 g/mol. The molecule has 0 aromatic heterocycles. The molecule has 6 heteroatoms. The molecule has 0 radical (unpaired) electrons. The van der Waals surface area contributed by atoms with E-state index >= 15 is 0 Å². The van der Waals surface area contributed by atoms with Crippen molar-refractivity contribution < 1.29 is 22.7 Å². The van der Waals surface area contributed by atoms with Crippen molar-refractivity contribution in [1.82, 2.24) is 4.90 Å². The number of halogens is 3. The molecule has 2 atom stereocenters. The Kier molecular flexibility index (Phi) is 5.11. The molecule has 0 N–H and O–H groups in total. The number of rotatable bonds is 4. The number of fused-ring (bicyclic) bond motifs is 2. The van der Waals surface area contributed by atoms with Gasteiger partial charge in [0, 0.05) is 11.6 Å². The summed E-state index contributed by atoms with van der Waals surface area (Å²) in [7, 11) is 0. The molecular weight excluding hydrogens is 367 g/mol. The Hall–Kier alpha value is -2.76. The zero-order chi connectivity index (χ0) is 19.7. The minimum Gasteiger partial charge on any atom is -0.445 e. The monoisotopic (exact) mass is 387 g/mol. The number of benzene rings is 2. The molecule has 1 amide bonds. The van der Waals surface area contributed by atoms with Gasteiger partial charge in [0.2, 0.25) is 0 Å². The lowest BCUT2D eigenvalue weighted by Gasteiger charge is -2.33. The SMILES string of the molecule is O=C(OCc1ccccc1)N1C2C=C(Cc3c(F)ccc(F)c3F)CC1CC2. The van der Waals surface area contributed by atoms with Crippen molar-refractivity contribution in [2.24, 2.45) is 0 Å². The second-order valence-electron chi connectivity index (χ2n) is 7.27. The summed E-state index contributed by atoms with van der Waals surface area (Å²) in [6, 6.07) is 10.9. The Bertz CT molecular complexity index is 913. The smallest absolute Gasteiger partial charge is 0.410 e. The van der Waals surface area contributed by atoms with Crippen LogP contribution in [0.25, 0.3) is 0 Å². The Labute approximate surface area is 161 Å². The van der Waals surface area contributed by atoms with Gasteiger partial charge in [0.25, 0.3) is 0 Å². The van der Waals surface area contributed by atoms with E-state index in [1.54, 1.807) is 4.90 Å². The van der Waals surface area contributed by atoms with Crippen LogP contribution in [-0.4, -0.2) is 23.1 Å². The van der Waals surface area contributed by atoms with E-state index in [9.17, 15) is 18.0 Å². The first-order valence-electron chi connectivity index (χ1n) is 9.34. The second kappa shape index (κ2) is 7.70. The first kappa shape index (κ1) is 18.6. The molecule has 2 aromatic carbocycles. The predicted molar refractivity (Wildman–Crippen MR) is 98.0 cm³/mol. The highest BCUT2D eigenvalue weighted by Gasteiger charge is 2.40. The zero-order valence-corrected chi connectivity index (χ0v) is 15.2. The van der Waals surface area contributed by atoms with E-state index in [-0.39, 0.29) is 36.8 Å². The van der Waals surface area contributed by atoms with Gasteiger partial charge in [0.05, 0.1) is 6.04 Å². The van der Waals surface area contributed by atoms with Crippen LogP contribution < -0.4 is 0 Å². The molecule has 0 saturated carbocycles. The Morgan fingerprint density at radius 3 is 2.54 bits per heavy atom. The van der Waals surface area contributed by atoms with Gasteiger partial charge in [0.15, 0.2) is 11.6 Å². The number of ether oxygens (including phenoxy) is 1. The Morgan fingerprint density at radius 1 is 1.04 bits per heavy atom. The van der Waals surface area contributed by atoms with E-state index < -0.39 is 17.5 Å². The molecule has 146 valence electrons. The number of hydrogen-bond acceptors (Lipinski definition) is 2. The van der Waals surface area contributed by atoms with E-state index in [4.69, 9.17) is 4.74 Å². The third kappa shape index (κ3) is 3.63. The van der Waals surface area contributed by atoms with Crippen molar-refractivity contribution in [3.8, 4) is 0 Å². The topological polar surface area (TPSA) is 29.5 Å². The van der Waals surface area contributed by atoms with Crippen LogP contribution >= 0.6 is 0 Å². The van der Waals surface area contributed by atoms with Crippen molar-refractivity contribution in [2.75, 3.05) is 0 Å². The van der Waals surface area contributed by atoms with Crippen molar-refractivity contribution in [3.05, 3.63) is 82.7 Å². The quantitative estimate of drug-likeness (QED) is 0.537. The van der Waals surface area contributed by atoms with E-state index in [1.165, 1.54) is 0 Å². The van der Waals surface area contributed by atoms with Crippen LogP contribution in [0.1, 0.15) is 30.4 Å². The summed E-state index contributed by atoms with van der Waals surface area (Å²) in [5, 5.41) is 0. The third-order valence-electron chi connectivity index (χ3n) is 5.43. The summed E-state index contributed by atoms with van der Waals surface area (Å²) in [6.07, 6.45) is 3.59. The lowest BCUT2D eigenvalue weighted by Crippen LogP contribution is -2.43. The van der Waals surface area contributed by atoms with Crippen molar-refractivity contribution >= 4 is 6.09 Å². The van der Waals surface area contributed by atoms with Crippen molar-refractivity contribution in [3.63, 3.8) is 0 Å². The molecule has 0 spiro atoms. The summed E-state index contributed by atoms with van der Waals surface area (Å²) in [6.45, 7) is 0.200. The Morgan fingerprint density at radius 2 is 1.79 bits per heavy atom. The molecule has 1 saturated heterocycles. The predicted octanol–water partition coefficient (Wildman–Crippen LogP) is 5.15. The molecule has 28 heavy (non-hydrogen) atoms. The maximum Gasteiger partial charge on any atom is 0.410 e. The number of hydrogen-bond donors (Lipinski definition) is 0. The second-order valence-corrected chi connectivity index (χ2v) is 7.27. The molecule has 2 heterocycles. The van der Waals surface area contributed by atoms with Gasteiger partial charge in [-0.2, -0.15) is 0 Å². The molecule has 4 rings (SSSR count). The highest BCUT2D eigenvalue weighted by molar-refractivity contribution is 5.70. The molecule has 2 bridgehead atoms. The van der Waals surface area contributed by atoms with Crippen LogP contribution in [0.3, 0.4) is 0 Å². The summed E-state index contributed by atoms with van der Waals surface area (Å²) in [4.78, 5) is 14.3. The number of nitrogens with zero attached hydrogens (tertiary/aromatic N) is 1. The lowest BCUT2D eigenvalue weighted by molar-refractivity contribution is 0.0815. The van der Waals surface area contributed by atoms with Crippen LogP contribution in [-0.2, 0) is 17.8 Å². The van der Waals surface area contributed by atoms with Gasteiger partial charge in [-0.25, -0.2) is 18.0 Å². The van der Waals surface area contributed by atoms with E-state index in [1.807, 2.05) is 36.4 Å². The van der Waals surface area contributed by atoms with Gasteiger partial charge in [0.1, 0.15) is 12.4 Å². The number of carbonyl (C=O) groups is 1. The maximum atomic E-state index is 14.0. The Balaban J connectivity index is 1.45. The minimum absolute atomic E-state index is 0.00926. The van der Waals surface area contributed by atoms with Gasteiger partial charge >= 0.3 is 6.09 Å². The standard InChI is InChI=1S/C22H20F3NO2/c23-19-8-9-20(24)21(25)18(19)12-15-10-16-6-7-17(11-15)26(16)22(27)28-13-14-4-2-1-3-5-14/h1-5,8-10,16-17H,6-7,11-13H2. The number of amides is 1. The zero-order valence-electron chi connectivity index (χ0n) is 15.2. The van der Waals surface area contributed by atoms with Crippen LogP contribution in [0.4, 0.5) is 18.0 Å². The lowest BCUT2D eigenvalue weighted by atomic mass is 9.94. The van der Waals surface area contributed by atoms with E-state index in [0.29, 0.717) is 6.42 Å². The van der Waals surface area contributed by atoms with Crippen LogP contribution in [0.2, 0.25) is 0 Å². The first-order valence-corrected chi connectivity index (χ1v) is 9.34. The van der Waals surface area contributed by atoms with Gasteiger partial charge in [-0.15, -0.1) is 0 Å². The number of carbonyl (C=O) groups excluding carboxylic acids is 1. The molecule has 2 aromatic rings. The van der Waals surface area contributed by atoms with E-state index in [0.717, 1.165) is 36.1 Å². The van der Waals surface area contributed by atoms with Gasteiger partial charge in [-0.05, 0) is 43.4 Å². The maximum absolute atomic E-state index is 14.0. The van der Waals surface area contributed by atoms with Gasteiger partial charge < -0.3 is 4.74 Å². The molecule has 1 fully saturated rings. The summed E-state index contributed by atoms with van der Waals surface area (Å²) in [5.41, 5.74) is 1.47. The summed E-state index contributed by atoms with van der Waals surface area (Å²) < 4.78 is 46.8. The van der Waals surface area contributed by atoms with Crippen molar-refractivity contribution in [2.45, 2.75) is 44.4 Å². The normalized spacial score (nSPS) is 20.8. The molecule has 3 nitrogen and oxygen atoms in total. The minimum atomic E-state index is -1.14. The fourth-order valence-electron chi connectivity index (χ4n) is 4.09. The summed E-state index contributed by atoms with van der Waals surface area (Å²) >= 11 is 0. The average Bonchev–Trinajstić information content (AvgIpc) is 2.97. The highest BCUT2D eigenvalue weighted by atomic mass is 19.2. The fraction of sp³-hybridized carbons (Fsp3) is 0.318. The van der Waals surface area contributed by atoms with Crippen LogP contribution in [0, 0.1) is 17.5 Å². The third-order valence-corrected chi connectivity index (χ3v) is 5.43. The largest absolute Gasteiger partial charge is 0.445 e. The van der Waals surface area contributed by atoms with E-state index in [2.05, 4.69) is 0 Å². The fourth-order valence-corrected chi connectivity index (χ4v) is 4.09. The van der Waals surface area contributed by atoms with Gasteiger partial charge in [-0.3, -0.25) is 4.90 Å².